The highest BCUT2D eigenvalue weighted by Crippen LogP contribution is 2.16. The monoisotopic (exact) mass is 373 g/mol. The van der Waals surface area contributed by atoms with E-state index in [-0.39, 0.29) is 25.1 Å². The van der Waals surface area contributed by atoms with Crippen molar-refractivity contribution in [1.29, 1.82) is 0 Å². The third kappa shape index (κ3) is 6.12. The second kappa shape index (κ2) is 9.92. The predicted octanol–water partition coefficient (Wildman–Crippen LogP) is 3.42. The summed E-state index contributed by atoms with van der Waals surface area (Å²) in [6.07, 6.45) is -0.331. The molecule has 0 aromatic heterocycles. The van der Waals surface area contributed by atoms with Gasteiger partial charge < -0.3 is 14.8 Å². The fraction of sp³-hybridized carbons (Fsp3) is 0.200. The zero-order valence-corrected chi connectivity index (χ0v) is 14.6. The maximum atomic E-state index is 13.8. The summed E-state index contributed by atoms with van der Waals surface area (Å²) in [5.74, 6) is 2.06. The number of halogens is 2. The summed E-state index contributed by atoms with van der Waals surface area (Å²) in [5, 5.41) is 2.52. The van der Waals surface area contributed by atoms with E-state index < -0.39 is 29.3 Å². The van der Waals surface area contributed by atoms with E-state index in [0.29, 0.717) is 0 Å². The van der Waals surface area contributed by atoms with Crippen molar-refractivity contribution in [2.45, 2.75) is 13.0 Å². The van der Waals surface area contributed by atoms with E-state index in [1.807, 2.05) is 30.3 Å². The molecule has 2 aromatic rings. The highest BCUT2D eigenvalue weighted by Gasteiger charge is 2.18. The highest BCUT2D eigenvalue weighted by molar-refractivity contribution is 5.90. The summed E-state index contributed by atoms with van der Waals surface area (Å²) < 4.78 is 36.9. The first-order valence-electron chi connectivity index (χ1n) is 8.02. The van der Waals surface area contributed by atoms with Crippen LogP contribution >= 0.6 is 0 Å². The van der Waals surface area contributed by atoms with Gasteiger partial charge in [0.2, 0.25) is 0 Å². The van der Waals surface area contributed by atoms with Gasteiger partial charge in [-0.2, -0.15) is 0 Å². The molecular weight excluding hydrogens is 356 g/mol. The van der Waals surface area contributed by atoms with Crippen LogP contribution in [0.2, 0.25) is 0 Å². The quantitative estimate of drug-likeness (QED) is 0.496. The van der Waals surface area contributed by atoms with Crippen LogP contribution in [0.4, 0.5) is 13.6 Å². The molecule has 0 saturated carbocycles. The molecule has 0 heterocycles. The molecule has 7 heteroatoms. The van der Waals surface area contributed by atoms with Crippen LogP contribution in [-0.4, -0.2) is 25.7 Å². The van der Waals surface area contributed by atoms with Crippen molar-refractivity contribution >= 4 is 12.1 Å². The van der Waals surface area contributed by atoms with Crippen molar-refractivity contribution in [3.8, 4) is 11.8 Å². The first kappa shape index (κ1) is 19.9. The summed E-state index contributed by atoms with van der Waals surface area (Å²) in [4.78, 5) is 22.8. The second-order valence-electron chi connectivity index (χ2n) is 5.35. The minimum Gasteiger partial charge on any atom is -0.465 e. The maximum absolute atomic E-state index is 13.8. The zero-order valence-electron chi connectivity index (χ0n) is 14.6. The van der Waals surface area contributed by atoms with Gasteiger partial charge in [0.05, 0.1) is 7.11 Å². The van der Waals surface area contributed by atoms with Crippen LogP contribution in [-0.2, 0) is 16.1 Å². The molecule has 2 aromatic carbocycles. The summed E-state index contributed by atoms with van der Waals surface area (Å²) in [6, 6.07) is 11.1. The fourth-order valence-corrected chi connectivity index (χ4v) is 2.11. The van der Waals surface area contributed by atoms with Crippen LogP contribution in [0.3, 0.4) is 0 Å². The SMILES string of the molecule is COC(=O)c1c(F)cc(C#CCCNC(=O)OCc2ccccc2)cc1F. The standard InChI is InChI=1S/C20H17F2NO4/c1-26-19(24)18-16(21)11-15(12-17(18)22)9-5-6-10-23-20(25)27-13-14-7-3-2-4-8-14/h2-4,7-8,11-12H,6,10,13H2,1H3,(H,23,25). The molecule has 27 heavy (non-hydrogen) atoms. The van der Waals surface area contributed by atoms with E-state index in [0.717, 1.165) is 24.8 Å². The summed E-state index contributed by atoms with van der Waals surface area (Å²) in [6.45, 7) is 0.370. The lowest BCUT2D eigenvalue weighted by molar-refractivity contribution is 0.0589. The molecule has 0 aliphatic carbocycles. The van der Waals surface area contributed by atoms with Crippen molar-refractivity contribution in [3.05, 3.63) is 70.8 Å². The Kier molecular flexibility index (Phi) is 7.32. The number of hydrogen-bond acceptors (Lipinski definition) is 4. The maximum Gasteiger partial charge on any atom is 0.407 e. The van der Waals surface area contributed by atoms with Gasteiger partial charge in [-0.3, -0.25) is 0 Å². The molecule has 0 unspecified atom stereocenters. The van der Waals surface area contributed by atoms with Crippen LogP contribution in [0.25, 0.3) is 0 Å². The van der Waals surface area contributed by atoms with Crippen LogP contribution < -0.4 is 5.32 Å². The molecule has 5 nitrogen and oxygen atoms in total. The van der Waals surface area contributed by atoms with Gasteiger partial charge in [0.15, 0.2) is 0 Å². The number of benzene rings is 2. The average Bonchev–Trinajstić information content (AvgIpc) is 2.66. The van der Waals surface area contributed by atoms with Crippen molar-refractivity contribution in [1.82, 2.24) is 5.32 Å². The van der Waals surface area contributed by atoms with Crippen molar-refractivity contribution < 1.29 is 27.8 Å². The van der Waals surface area contributed by atoms with E-state index in [9.17, 15) is 18.4 Å². The smallest absolute Gasteiger partial charge is 0.407 e. The summed E-state index contributed by atoms with van der Waals surface area (Å²) in [7, 11) is 1.03. The molecule has 0 saturated heterocycles. The second-order valence-corrected chi connectivity index (χ2v) is 5.35. The molecule has 0 fully saturated rings. The van der Waals surface area contributed by atoms with E-state index in [1.165, 1.54) is 0 Å². The van der Waals surface area contributed by atoms with Gasteiger partial charge in [-0.25, -0.2) is 18.4 Å². The molecule has 2 rings (SSSR count). The first-order valence-corrected chi connectivity index (χ1v) is 8.02. The van der Waals surface area contributed by atoms with Crippen molar-refractivity contribution in [3.63, 3.8) is 0 Å². The average molecular weight is 373 g/mol. The Morgan fingerprint density at radius 3 is 2.41 bits per heavy atom. The molecule has 1 N–H and O–H groups in total. The highest BCUT2D eigenvalue weighted by atomic mass is 19.1. The predicted molar refractivity (Wildman–Crippen MR) is 93.8 cm³/mol. The molecule has 0 atom stereocenters. The minimum atomic E-state index is -1.09. The molecule has 0 aliphatic heterocycles. The molecule has 140 valence electrons. The van der Waals surface area contributed by atoms with Crippen LogP contribution in [0.15, 0.2) is 42.5 Å². The molecule has 0 aliphatic rings. The van der Waals surface area contributed by atoms with E-state index in [4.69, 9.17) is 4.74 Å². The Bertz CT molecular complexity index is 850. The first-order chi connectivity index (χ1) is 13.0. The van der Waals surface area contributed by atoms with Gasteiger partial charge in [-0.15, -0.1) is 0 Å². The van der Waals surface area contributed by atoms with Gasteiger partial charge in [0, 0.05) is 18.5 Å². The number of rotatable bonds is 5. The number of amides is 1. The topological polar surface area (TPSA) is 64.6 Å². The van der Waals surface area contributed by atoms with E-state index in [1.54, 1.807) is 0 Å². The van der Waals surface area contributed by atoms with Crippen molar-refractivity contribution in [2.75, 3.05) is 13.7 Å². The normalized spacial score (nSPS) is 9.74. The van der Waals surface area contributed by atoms with Gasteiger partial charge in [-0.1, -0.05) is 42.2 Å². The molecule has 1 amide bonds. The van der Waals surface area contributed by atoms with Crippen LogP contribution in [0.1, 0.15) is 27.9 Å². The van der Waals surface area contributed by atoms with Crippen LogP contribution in [0.5, 0.6) is 0 Å². The Morgan fingerprint density at radius 2 is 1.78 bits per heavy atom. The Morgan fingerprint density at radius 1 is 1.11 bits per heavy atom. The van der Waals surface area contributed by atoms with Crippen LogP contribution in [0, 0.1) is 23.5 Å². The number of nitrogens with one attached hydrogen (secondary N) is 1. The lowest BCUT2D eigenvalue weighted by Gasteiger charge is -2.05. The summed E-state index contributed by atoms with van der Waals surface area (Å²) in [5.41, 5.74) is 0.182. The largest absolute Gasteiger partial charge is 0.465 e. The summed E-state index contributed by atoms with van der Waals surface area (Å²) >= 11 is 0. The van der Waals surface area contributed by atoms with Crippen molar-refractivity contribution in [2.24, 2.45) is 0 Å². The lowest BCUT2D eigenvalue weighted by Crippen LogP contribution is -2.24. The molecule has 0 bridgehead atoms. The molecule has 0 spiro atoms. The zero-order chi connectivity index (χ0) is 19.6. The van der Waals surface area contributed by atoms with Gasteiger partial charge >= 0.3 is 12.1 Å². The number of carbonyl (C=O) groups excluding carboxylic acids is 2. The minimum absolute atomic E-state index is 0.0734. The number of methoxy groups -OCH3 is 1. The van der Waals surface area contributed by atoms with E-state index >= 15 is 0 Å². The lowest BCUT2D eigenvalue weighted by atomic mass is 10.1. The third-order valence-corrected chi connectivity index (χ3v) is 3.40. The molecule has 0 radical (unpaired) electrons. The number of hydrogen-bond donors (Lipinski definition) is 1. The van der Waals surface area contributed by atoms with Gasteiger partial charge in [0.25, 0.3) is 0 Å². The Balaban J connectivity index is 1.80. The van der Waals surface area contributed by atoms with Gasteiger partial charge in [0.1, 0.15) is 23.8 Å². The third-order valence-electron chi connectivity index (χ3n) is 3.40. The van der Waals surface area contributed by atoms with Gasteiger partial charge in [-0.05, 0) is 17.7 Å². The number of esters is 1. The number of carbonyl (C=O) groups is 2. The number of alkyl carbamates (subject to hydrolysis) is 1. The number of ether oxygens (including phenoxy) is 2. The molecular formula is C20H17F2NO4. The van der Waals surface area contributed by atoms with E-state index in [2.05, 4.69) is 21.9 Å². The fourth-order valence-electron chi connectivity index (χ4n) is 2.11. The Labute approximate surface area is 155 Å². The Hall–Kier alpha value is -3.40.